The lowest BCUT2D eigenvalue weighted by atomic mass is 10.4. The molecule has 1 heterocycles. The highest BCUT2D eigenvalue weighted by atomic mass is 79.9. The second-order valence-electron chi connectivity index (χ2n) is 3.31. The molecule has 0 atom stereocenters. The highest BCUT2D eigenvalue weighted by Gasteiger charge is 2.09. The van der Waals surface area contributed by atoms with Crippen molar-refractivity contribution in [1.82, 2.24) is 5.32 Å². The standard InChI is InChI=1S/C11H17Br2NO3/c1-3-15-10(16-4-2)7-14-6-8-5-9(12)11(13)17-8/h5,10,14H,3-4,6-7H2,1-2H3. The first-order chi connectivity index (χ1) is 8.17. The van der Waals surface area contributed by atoms with Crippen molar-refractivity contribution < 1.29 is 13.9 Å². The molecule has 0 bridgehead atoms. The molecule has 0 fully saturated rings. The zero-order chi connectivity index (χ0) is 12.7. The fourth-order valence-corrected chi connectivity index (χ4v) is 1.99. The lowest BCUT2D eigenvalue weighted by Crippen LogP contribution is -2.31. The van der Waals surface area contributed by atoms with E-state index in [1.807, 2.05) is 19.9 Å². The van der Waals surface area contributed by atoms with Gasteiger partial charge in [0.25, 0.3) is 0 Å². The van der Waals surface area contributed by atoms with E-state index in [1.165, 1.54) is 0 Å². The summed E-state index contributed by atoms with van der Waals surface area (Å²) in [6.45, 7) is 6.46. The van der Waals surface area contributed by atoms with Crippen LogP contribution in [0.1, 0.15) is 19.6 Å². The molecular weight excluding hydrogens is 354 g/mol. The highest BCUT2D eigenvalue weighted by Crippen LogP contribution is 2.26. The van der Waals surface area contributed by atoms with Gasteiger partial charge in [-0.05, 0) is 51.8 Å². The molecule has 98 valence electrons. The third-order valence-corrected chi connectivity index (χ3v) is 3.72. The lowest BCUT2D eigenvalue weighted by molar-refractivity contribution is -0.133. The van der Waals surface area contributed by atoms with Gasteiger partial charge in [0.15, 0.2) is 11.0 Å². The molecular formula is C11H17Br2NO3. The Morgan fingerprint density at radius 3 is 2.41 bits per heavy atom. The van der Waals surface area contributed by atoms with E-state index >= 15 is 0 Å². The van der Waals surface area contributed by atoms with Crippen LogP contribution >= 0.6 is 31.9 Å². The Labute approximate surface area is 118 Å². The summed E-state index contributed by atoms with van der Waals surface area (Å²) in [6.07, 6.45) is -0.202. The number of furan rings is 1. The normalized spacial score (nSPS) is 11.4. The van der Waals surface area contributed by atoms with Crippen LogP contribution in [0, 0.1) is 0 Å². The van der Waals surface area contributed by atoms with Crippen LogP contribution in [-0.2, 0) is 16.0 Å². The van der Waals surface area contributed by atoms with E-state index in [9.17, 15) is 0 Å². The summed E-state index contributed by atoms with van der Waals surface area (Å²) < 4.78 is 17.9. The number of ether oxygens (including phenoxy) is 2. The van der Waals surface area contributed by atoms with Gasteiger partial charge >= 0.3 is 0 Å². The van der Waals surface area contributed by atoms with Crippen molar-refractivity contribution >= 4 is 31.9 Å². The number of rotatable bonds is 8. The van der Waals surface area contributed by atoms with Crippen molar-refractivity contribution in [3.63, 3.8) is 0 Å². The third-order valence-electron chi connectivity index (χ3n) is 2.01. The van der Waals surface area contributed by atoms with Gasteiger partial charge in [0.1, 0.15) is 5.76 Å². The minimum atomic E-state index is -0.202. The Morgan fingerprint density at radius 1 is 1.29 bits per heavy atom. The predicted molar refractivity (Wildman–Crippen MR) is 72.9 cm³/mol. The summed E-state index contributed by atoms with van der Waals surface area (Å²) in [4.78, 5) is 0. The van der Waals surface area contributed by atoms with Gasteiger partial charge in [-0.15, -0.1) is 0 Å². The Kier molecular flexibility index (Phi) is 7.38. The molecule has 0 aliphatic rings. The van der Waals surface area contributed by atoms with E-state index in [0.29, 0.717) is 31.0 Å². The van der Waals surface area contributed by atoms with E-state index in [0.717, 1.165) is 10.2 Å². The van der Waals surface area contributed by atoms with Gasteiger partial charge in [-0.1, -0.05) is 0 Å². The maximum Gasteiger partial charge on any atom is 0.183 e. The largest absolute Gasteiger partial charge is 0.452 e. The van der Waals surface area contributed by atoms with E-state index in [2.05, 4.69) is 37.2 Å². The van der Waals surface area contributed by atoms with Crippen molar-refractivity contribution in [2.24, 2.45) is 0 Å². The average molecular weight is 371 g/mol. The minimum Gasteiger partial charge on any atom is -0.452 e. The molecule has 6 heteroatoms. The molecule has 1 aromatic heterocycles. The predicted octanol–water partition coefficient (Wildman–Crippen LogP) is 3.29. The number of nitrogens with one attached hydrogen (secondary N) is 1. The van der Waals surface area contributed by atoms with Crippen molar-refractivity contribution in [1.29, 1.82) is 0 Å². The number of hydrogen-bond acceptors (Lipinski definition) is 4. The minimum absolute atomic E-state index is 0.202. The molecule has 0 unspecified atom stereocenters. The first kappa shape index (κ1) is 15.2. The first-order valence-corrected chi connectivity index (χ1v) is 7.13. The second kappa shape index (κ2) is 8.26. The third kappa shape index (κ3) is 5.52. The van der Waals surface area contributed by atoms with Gasteiger partial charge in [-0.3, -0.25) is 0 Å². The van der Waals surface area contributed by atoms with Crippen molar-refractivity contribution in [2.75, 3.05) is 19.8 Å². The SMILES string of the molecule is CCOC(CNCc1cc(Br)c(Br)o1)OCC. The quantitative estimate of drug-likeness (QED) is 0.713. The van der Waals surface area contributed by atoms with Crippen LogP contribution in [0.15, 0.2) is 19.6 Å². The Hall–Kier alpha value is 0.120. The maximum atomic E-state index is 5.44. The molecule has 4 nitrogen and oxygen atoms in total. The molecule has 0 saturated carbocycles. The fraction of sp³-hybridized carbons (Fsp3) is 0.636. The number of hydrogen-bond donors (Lipinski definition) is 1. The molecule has 0 radical (unpaired) electrons. The topological polar surface area (TPSA) is 43.6 Å². The summed E-state index contributed by atoms with van der Waals surface area (Å²) in [5.74, 6) is 0.857. The van der Waals surface area contributed by atoms with E-state index < -0.39 is 0 Å². The molecule has 0 amide bonds. The summed E-state index contributed by atoms with van der Waals surface area (Å²) in [7, 11) is 0. The molecule has 1 aromatic rings. The van der Waals surface area contributed by atoms with E-state index in [1.54, 1.807) is 0 Å². The first-order valence-electron chi connectivity index (χ1n) is 5.55. The van der Waals surface area contributed by atoms with Gasteiger partial charge in [0.2, 0.25) is 0 Å². The van der Waals surface area contributed by atoms with Gasteiger partial charge < -0.3 is 19.2 Å². The second-order valence-corrected chi connectivity index (χ2v) is 4.88. The molecule has 17 heavy (non-hydrogen) atoms. The molecule has 0 spiro atoms. The molecule has 0 aromatic carbocycles. The Balaban J connectivity index is 2.30. The molecule has 1 rings (SSSR count). The maximum absolute atomic E-state index is 5.44. The van der Waals surface area contributed by atoms with E-state index in [4.69, 9.17) is 13.9 Å². The molecule has 0 aliphatic carbocycles. The zero-order valence-electron chi connectivity index (χ0n) is 9.96. The summed E-state index contributed by atoms with van der Waals surface area (Å²) >= 11 is 6.66. The molecule has 0 aliphatic heterocycles. The van der Waals surface area contributed by atoms with Crippen LogP contribution in [-0.4, -0.2) is 26.0 Å². The van der Waals surface area contributed by atoms with Crippen LogP contribution in [0.4, 0.5) is 0 Å². The van der Waals surface area contributed by atoms with Gasteiger partial charge in [0.05, 0.1) is 11.0 Å². The summed E-state index contributed by atoms with van der Waals surface area (Å²) in [5, 5.41) is 3.23. The van der Waals surface area contributed by atoms with Crippen molar-refractivity contribution in [3.05, 3.63) is 21.0 Å². The smallest absolute Gasteiger partial charge is 0.183 e. The Morgan fingerprint density at radius 2 is 1.94 bits per heavy atom. The van der Waals surface area contributed by atoms with Gasteiger partial charge in [-0.2, -0.15) is 0 Å². The van der Waals surface area contributed by atoms with Crippen LogP contribution in [0.25, 0.3) is 0 Å². The highest BCUT2D eigenvalue weighted by molar-refractivity contribution is 9.13. The molecule has 1 N–H and O–H groups in total. The van der Waals surface area contributed by atoms with Gasteiger partial charge in [-0.25, -0.2) is 0 Å². The van der Waals surface area contributed by atoms with Crippen molar-refractivity contribution in [3.8, 4) is 0 Å². The van der Waals surface area contributed by atoms with E-state index in [-0.39, 0.29) is 6.29 Å². The van der Waals surface area contributed by atoms with Crippen LogP contribution < -0.4 is 5.32 Å². The zero-order valence-corrected chi connectivity index (χ0v) is 13.1. The van der Waals surface area contributed by atoms with Gasteiger partial charge in [0, 0.05) is 19.8 Å². The van der Waals surface area contributed by atoms with Crippen LogP contribution in [0.5, 0.6) is 0 Å². The van der Waals surface area contributed by atoms with Crippen LogP contribution in [0.3, 0.4) is 0 Å². The fourth-order valence-electron chi connectivity index (χ4n) is 1.33. The summed E-state index contributed by atoms with van der Waals surface area (Å²) in [5.41, 5.74) is 0. The van der Waals surface area contributed by atoms with Crippen molar-refractivity contribution in [2.45, 2.75) is 26.7 Å². The van der Waals surface area contributed by atoms with Crippen LogP contribution in [0.2, 0.25) is 0 Å². The summed E-state index contributed by atoms with van der Waals surface area (Å²) in [6, 6.07) is 1.92. The monoisotopic (exact) mass is 369 g/mol. The lowest BCUT2D eigenvalue weighted by Gasteiger charge is -2.16. The molecule has 0 saturated heterocycles. The average Bonchev–Trinajstić information content (AvgIpc) is 2.59. The number of halogens is 2. The Bertz CT molecular complexity index is 305.